The molecule has 12 nitrogen and oxygen atoms in total. The zero-order valence-electron chi connectivity index (χ0n) is 23.9. The first-order valence-electron chi connectivity index (χ1n) is 14.4. The van der Waals surface area contributed by atoms with E-state index in [1.54, 1.807) is 6.07 Å². The number of benzene rings is 1. The van der Waals surface area contributed by atoms with Crippen LogP contribution in [0.4, 0.5) is 20.6 Å². The first-order chi connectivity index (χ1) is 21.1. The minimum absolute atomic E-state index is 0.0487. The maximum atomic E-state index is 15.2. The molecule has 2 aromatic rings. The van der Waals surface area contributed by atoms with Gasteiger partial charge in [0.05, 0.1) is 40.6 Å². The number of ether oxygens (including phenoxy) is 2. The van der Waals surface area contributed by atoms with Crippen LogP contribution in [0.15, 0.2) is 30.3 Å². The molecular formula is C29H33ClFN5O7S. The Bertz CT molecular complexity index is 1440. The Labute approximate surface area is 262 Å². The standard InChI is InChI=1S/C29H33ClFN5O7S/c30-24-9-8-23(44-24)28(40)36(25(37)5-1-2-10-33-11-3-4-22(33)27(32)39)16-19-15-35(29(41)43-19)21-7-6-18(14-20(21)31)34-12-13-42-17-26(34)38/h6-9,14,19,22H,1-5,10-13,15-17H2,(H2,32,39)/t19-,22+/m1/s1. The van der Waals surface area contributed by atoms with Crippen LogP contribution in [-0.2, 0) is 23.9 Å². The number of likely N-dealkylation sites (tertiary alicyclic amines) is 1. The molecule has 4 heterocycles. The SMILES string of the molecule is NC(=O)[C@@H]1CCCN1CCCCC(=O)N(C[C@H]1CN(c2ccc(N3CCOCC3=O)cc2F)C(=O)O1)C(=O)c1ccc(Cl)s1. The van der Waals surface area contributed by atoms with Crippen molar-refractivity contribution in [2.24, 2.45) is 5.73 Å². The summed E-state index contributed by atoms with van der Waals surface area (Å²) in [6.45, 7) is 1.56. The molecular weight excluding hydrogens is 617 g/mol. The second-order valence-electron chi connectivity index (χ2n) is 10.8. The number of rotatable bonds is 11. The zero-order chi connectivity index (χ0) is 31.4. The first kappa shape index (κ1) is 31.8. The van der Waals surface area contributed by atoms with E-state index in [0.717, 1.165) is 40.5 Å². The highest BCUT2D eigenvalue weighted by Gasteiger charge is 2.38. The maximum Gasteiger partial charge on any atom is 0.414 e. The van der Waals surface area contributed by atoms with Gasteiger partial charge in [0.1, 0.15) is 18.5 Å². The number of morpholine rings is 1. The van der Waals surface area contributed by atoms with Crippen LogP contribution in [0.25, 0.3) is 0 Å². The largest absolute Gasteiger partial charge is 0.442 e. The lowest BCUT2D eigenvalue weighted by molar-refractivity contribution is -0.130. The van der Waals surface area contributed by atoms with Crippen LogP contribution in [0.2, 0.25) is 4.34 Å². The molecule has 0 bridgehead atoms. The van der Waals surface area contributed by atoms with Crippen LogP contribution in [0.5, 0.6) is 0 Å². The van der Waals surface area contributed by atoms with Crippen molar-refractivity contribution >= 4 is 64.0 Å². The average Bonchev–Trinajstić information content (AvgIpc) is 3.74. The van der Waals surface area contributed by atoms with Gasteiger partial charge in [-0.05, 0) is 69.1 Å². The topological polar surface area (TPSA) is 143 Å². The third kappa shape index (κ3) is 7.20. The number of primary amides is 1. The van der Waals surface area contributed by atoms with Gasteiger partial charge in [-0.2, -0.15) is 0 Å². The number of carbonyl (C=O) groups excluding carboxylic acids is 5. The van der Waals surface area contributed by atoms with Gasteiger partial charge >= 0.3 is 6.09 Å². The molecule has 3 aliphatic rings. The Kier molecular flexibility index (Phi) is 10.1. The molecule has 5 rings (SSSR count). The lowest BCUT2D eigenvalue weighted by Gasteiger charge is -2.27. The minimum Gasteiger partial charge on any atom is -0.442 e. The summed E-state index contributed by atoms with van der Waals surface area (Å²) in [5, 5.41) is 0. The van der Waals surface area contributed by atoms with E-state index in [0.29, 0.717) is 36.0 Å². The van der Waals surface area contributed by atoms with Gasteiger partial charge in [-0.25, -0.2) is 9.18 Å². The molecule has 0 spiro atoms. The van der Waals surface area contributed by atoms with E-state index in [-0.39, 0.29) is 61.1 Å². The van der Waals surface area contributed by atoms with Gasteiger partial charge in [0, 0.05) is 18.7 Å². The molecule has 2 atom stereocenters. The summed E-state index contributed by atoms with van der Waals surface area (Å²) < 4.78 is 26.2. The first-order valence-corrected chi connectivity index (χ1v) is 15.6. The fourth-order valence-corrected chi connectivity index (χ4v) is 6.69. The van der Waals surface area contributed by atoms with E-state index >= 15 is 4.39 Å². The monoisotopic (exact) mass is 649 g/mol. The lowest BCUT2D eigenvalue weighted by atomic mass is 10.1. The van der Waals surface area contributed by atoms with Gasteiger partial charge in [-0.1, -0.05) is 11.6 Å². The van der Waals surface area contributed by atoms with Crippen molar-refractivity contribution in [3.63, 3.8) is 0 Å². The molecule has 3 saturated heterocycles. The Morgan fingerprint density at radius 1 is 1.11 bits per heavy atom. The molecule has 1 aromatic carbocycles. The predicted molar refractivity (Wildman–Crippen MR) is 160 cm³/mol. The van der Waals surface area contributed by atoms with E-state index in [1.807, 2.05) is 4.90 Å². The summed E-state index contributed by atoms with van der Waals surface area (Å²) in [5.41, 5.74) is 5.78. The lowest BCUT2D eigenvalue weighted by Crippen LogP contribution is -2.43. The van der Waals surface area contributed by atoms with Crippen molar-refractivity contribution in [3.8, 4) is 0 Å². The number of nitrogens with zero attached hydrogens (tertiary/aromatic N) is 4. The molecule has 0 unspecified atom stereocenters. The van der Waals surface area contributed by atoms with Crippen molar-refractivity contribution in [1.29, 1.82) is 0 Å². The van der Waals surface area contributed by atoms with Crippen molar-refractivity contribution in [3.05, 3.63) is 45.4 Å². The van der Waals surface area contributed by atoms with Gasteiger partial charge in [0.15, 0.2) is 0 Å². The van der Waals surface area contributed by atoms with Crippen molar-refractivity contribution in [2.75, 3.05) is 55.7 Å². The second-order valence-corrected chi connectivity index (χ2v) is 12.5. The zero-order valence-corrected chi connectivity index (χ0v) is 25.5. The van der Waals surface area contributed by atoms with Crippen LogP contribution in [0.1, 0.15) is 41.8 Å². The molecule has 15 heteroatoms. The van der Waals surface area contributed by atoms with Gasteiger partial charge in [0.25, 0.3) is 11.8 Å². The van der Waals surface area contributed by atoms with Crippen LogP contribution in [0.3, 0.4) is 0 Å². The van der Waals surface area contributed by atoms with Crippen LogP contribution >= 0.6 is 22.9 Å². The van der Waals surface area contributed by atoms with Crippen LogP contribution in [-0.4, -0.2) is 97.6 Å². The molecule has 3 fully saturated rings. The number of amides is 5. The number of hydrogen-bond acceptors (Lipinski definition) is 9. The highest BCUT2D eigenvalue weighted by atomic mass is 35.5. The third-order valence-corrected chi connectivity index (χ3v) is 9.11. The third-order valence-electron chi connectivity index (χ3n) is 7.89. The number of unbranched alkanes of at least 4 members (excludes halogenated alkanes) is 1. The molecule has 0 radical (unpaired) electrons. The van der Waals surface area contributed by atoms with E-state index in [4.69, 9.17) is 26.8 Å². The summed E-state index contributed by atoms with van der Waals surface area (Å²) in [5.74, 6) is -2.40. The quantitative estimate of drug-likeness (QED) is 0.366. The minimum atomic E-state index is -0.911. The summed E-state index contributed by atoms with van der Waals surface area (Å²) in [4.78, 5) is 69.2. The number of carbonyl (C=O) groups is 5. The number of halogens is 2. The fourth-order valence-electron chi connectivity index (χ4n) is 5.69. The van der Waals surface area contributed by atoms with Gasteiger partial charge < -0.3 is 20.1 Å². The van der Waals surface area contributed by atoms with E-state index < -0.39 is 29.8 Å². The molecule has 44 heavy (non-hydrogen) atoms. The van der Waals surface area contributed by atoms with Crippen molar-refractivity contribution in [1.82, 2.24) is 9.80 Å². The van der Waals surface area contributed by atoms with Crippen molar-refractivity contribution in [2.45, 2.75) is 44.2 Å². The van der Waals surface area contributed by atoms with Gasteiger partial charge in [-0.15, -0.1) is 11.3 Å². The average molecular weight is 650 g/mol. The molecule has 236 valence electrons. The Hall–Kier alpha value is -3.59. The normalized spacial score (nSPS) is 20.7. The molecule has 5 amide bonds. The Balaban J connectivity index is 1.23. The predicted octanol–water partition coefficient (Wildman–Crippen LogP) is 3.02. The number of thiophene rings is 1. The number of nitrogens with two attached hydrogens (primary N) is 1. The molecule has 0 saturated carbocycles. The Morgan fingerprint density at radius 3 is 2.64 bits per heavy atom. The maximum absolute atomic E-state index is 15.2. The van der Waals surface area contributed by atoms with Crippen LogP contribution in [0, 0.1) is 5.82 Å². The summed E-state index contributed by atoms with van der Waals surface area (Å²) >= 11 is 7.06. The second kappa shape index (κ2) is 14.0. The molecule has 2 N–H and O–H groups in total. The summed E-state index contributed by atoms with van der Waals surface area (Å²) in [7, 11) is 0. The molecule has 3 aliphatic heterocycles. The number of hydrogen-bond donors (Lipinski definition) is 1. The fraction of sp³-hybridized carbons (Fsp3) is 0.483. The van der Waals surface area contributed by atoms with E-state index in [2.05, 4.69) is 0 Å². The summed E-state index contributed by atoms with van der Waals surface area (Å²) in [6, 6.07) is 6.89. The highest BCUT2D eigenvalue weighted by molar-refractivity contribution is 7.18. The smallest absolute Gasteiger partial charge is 0.414 e. The number of anilines is 2. The van der Waals surface area contributed by atoms with Crippen LogP contribution < -0.4 is 15.5 Å². The highest BCUT2D eigenvalue weighted by Crippen LogP contribution is 2.30. The number of cyclic esters (lactones) is 1. The summed E-state index contributed by atoms with van der Waals surface area (Å²) in [6.07, 6.45) is 1.02. The van der Waals surface area contributed by atoms with Crippen molar-refractivity contribution < 1.29 is 37.8 Å². The van der Waals surface area contributed by atoms with E-state index in [9.17, 15) is 24.0 Å². The molecule has 0 aliphatic carbocycles. The van der Waals surface area contributed by atoms with Gasteiger partial charge in [0.2, 0.25) is 11.8 Å². The van der Waals surface area contributed by atoms with Gasteiger partial charge in [-0.3, -0.25) is 33.9 Å². The number of imide groups is 1. The molecule has 1 aromatic heterocycles. The Morgan fingerprint density at radius 2 is 1.93 bits per heavy atom. The van der Waals surface area contributed by atoms with E-state index in [1.165, 1.54) is 29.2 Å².